The number of ether oxygens (including phenoxy) is 1. The topological polar surface area (TPSA) is 73.2 Å². The molecule has 2 aromatic rings. The van der Waals surface area contributed by atoms with Crippen LogP contribution >= 0.6 is 11.3 Å². The Balaban J connectivity index is 1.75. The van der Waals surface area contributed by atoms with Gasteiger partial charge >= 0.3 is 5.97 Å². The quantitative estimate of drug-likeness (QED) is 0.873. The van der Waals surface area contributed by atoms with E-state index in [4.69, 9.17) is 4.74 Å². The standard InChI is InChI=1S/C16H19N3O3S/c1-3-22-16(21)13-10(2)9-12(23-13)18-15(20)11-5-4-7-19-8-6-17-14(11)19/h6,8-9,11H,3-5,7H2,1-2H3,(H,18,20). The first-order valence-electron chi connectivity index (χ1n) is 7.69. The zero-order valence-corrected chi connectivity index (χ0v) is 14.0. The fourth-order valence-corrected chi connectivity index (χ4v) is 3.78. The van der Waals surface area contributed by atoms with Crippen molar-refractivity contribution >= 4 is 28.2 Å². The molecule has 3 rings (SSSR count). The van der Waals surface area contributed by atoms with Crippen LogP contribution < -0.4 is 5.32 Å². The number of nitrogens with zero attached hydrogens (tertiary/aromatic N) is 2. The van der Waals surface area contributed by atoms with Gasteiger partial charge < -0.3 is 14.6 Å². The number of imidazole rings is 1. The molecule has 1 atom stereocenters. The van der Waals surface area contributed by atoms with E-state index in [1.165, 1.54) is 11.3 Å². The van der Waals surface area contributed by atoms with Gasteiger partial charge in [-0.2, -0.15) is 0 Å². The van der Waals surface area contributed by atoms with Crippen LogP contribution in [0.1, 0.15) is 46.7 Å². The summed E-state index contributed by atoms with van der Waals surface area (Å²) in [6.07, 6.45) is 5.38. The van der Waals surface area contributed by atoms with Crippen molar-refractivity contribution < 1.29 is 14.3 Å². The zero-order valence-electron chi connectivity index (χ0n) is 13.2. The summed E-state index contributed by atoms with van der Waals surface area (Å²) >= 11 is 1.25. The van der Waals surface area contributed by atoms with E-state index in [9.17, 15) is 9.59 Å². The third-order valence-corrected chi connectivity index (χ3v) is 5.03. The lowest BCUT2D eigenvalue weighted by Crippen LogP contribution is -2.27. The molecular weight excluding hydrogens is 314 g/mol. The summed E-state index contributed by atoms with van der Waals surface area (Å²) in [5.41, 5.74) is 0.814. The molecule has 122 valence electrons. The van der Waals surface area contributed by atoms with Crippen molar-refractivity contribution in [3.05, 3.63) is 34.7 Å². The molecule has 1 unspecified atom stereocenters. The highest BCUT2D eigenvalue weighted by molar-refractivity contribution is 7.18. The molecule has 0 radical (unpaired) electrons. The summed E-state index contributed by atoms with van der Waals surface area (Å²) in [4.78, 5) is 29.3. The molecule has 1 aliphatic heterocycles. The molecule has 6 nitrogen and oxygen atoms in total. The van der Waals surface area contributed by atoms with E-state index in [1.54, 1.807) is 13.1 Å². The second-order valence-electron chi connectivity index (χ2n) is 5.51. The summed E-state index contributed by atoms with van der Waals surface area (Å²) in [6, 6.07) is 1.81. The molecule has 0 aliphatic carbocycles. The molecule has 2 aromatic heterocycles. The minimum Gasteiger partial charge on any atom is -0.462 e. The molecule has 23 heavy (non-hydrogen) atoms. The van der Waals surface area contributed by atoms with Gasteiger partial charge in [0, 0.05) is 18.9 Å². The maximum atomic E-state index is 12.6. The van der Waals surface area contributed by atoms with Crippen LogP contribution in [0.3, 0.4) is 0 Å². The number of aryl methyl sites for hydroxylation is 2. The molecule has 1 amide bonds. The number of hydrogen-bond donors (Lipinski definition) is 1. The summed E-state index contributed by atoms with van der Waals surface area (Å²) in [5.74, 6) is 0.150. The van der Waals surface area contributed by atoms with Gasteiger partial charge in [-0.15, -0.1) is 11.3 Å². The molecule has 1 aliphatic rings. The van der Waals surface area contributed by atoms with Crippen LogP contribution in [-0.4, -0.2) is 28.0 Å². The van der Waals surface area contributed by atoms with Crippen LogP contribution in [0.15, 0.2) is 18.5 Å². The first-order chi connectivity index (χ1) is 11.1. The third kappa shape index (κ3) is 3.14. The van der Waals surface area contributed by atoms with Crippen LogP contribution in [0.4, 0.5) is 5.00 Å². The Morgan fingerprint density at radius 1 is 1.52 bits per heavy atom. The Hall–Kier alpha value is -2.15. The zero-order chi connectivity index (χ0) is 16.4. The van der Waals surface area contributed by atoms with Gasteiger partial charge in [0.05, 0.1) is 17.5 Å². The van der Waals surface area contributed by atoms with Gasteiger partial charge in [0.1, 0.15) is 10.7 Å². The lowest BCUT2D eigenvalue weighted by Gasteiger charge is -2.22. The second kappa shape index (κ2) is 6.54. The van der Waals surface area contributed by atoms with Crippen LogP contribution in [-0.2, 0) is 16.1 Å². The van der Waals surface area contributed by atoms with Gasteiger partial charge in [-0.1, -0.05) is 0 Å². The van der Waals surface area contributed by atoms with Crippen molar-refractivity contribution in [2.75, 3.05) is 11.9 Å². The van der Waals surface area contributed by atoms with E-state index in [0.717, 1.165) is 30.8 Å². The Morgan fingerprint density at radius 2 is 2.35 bits per heavy atom. The summed E-state index contributed by atoms with van der Waals surface area (Å²) < 4.78 is 7.05. The maximum absolute atomic E-state index is 12.6. The van der Waals surface area contributed by atoms with Gasteiger partial charge in [-0.3, -0.25) is 4.79 Å². The number of nitrogens with one attached hydrogen (secondary N) is 1. The highest BCUT2D eigenvalue weighted by Crippen LogP contribution is 2.31. The molecule has 3 heterocycles. The average molecular weight is 333 g/mol. The van der Waals surface area contributed by atoms with Gasteiger partial charge in [-0.25, -0.2) is 9.78 Å². The molecule has 0 spiro atoms. The maximum Gasteiger partial charge on any atom is 0.348 e. The van der Waals surface area contributed by atoms with Crippen molar-refractivity contribution in [2.45, 2.75) is 39.2 Å². The van der Waals surface area contributed by atoms with Crippen LogP contribution in [0.5, 0.6) is 0 Å². The van der Waals surface area contributed by atoms with Crippen molar-refractivity contribution in [2.24, 2.45) is 0 Å². The predicted octanol–water partition coefficient (Wildman–Crippen LogP) is 2.95. The number of amides is 1. The van der Waals surface area contributed by atoms with Gasteiger partial charge in [0.15, 0.2) is 0 Å². The fourth-order valence-electron chi connectivity index (χ4n) is 2.81. The van der Waals surface area contributed by atoms with Crippen molar-refractivity contribution in [3.63, 3.8) is 0 Å². The highest BCUT2D eigenvalue weighted by Gasteiger charge is 2.28. The average Bonchev–Trinajstić information content (AvgIpc) is 3.13. The molecule has 0 bridgehead atoms. The van der Waals surface area contributed by atoms with E-state index in [0.29, 0.717) is 16.5 Å². The van der Waals surface area contributed by atoms with E-state index in [1.807, 2.05) is 23.8 Å². The first kappa shape index (κ1) is 15.7. The largest absolute Gasteiger partial charge is 0.462 e. The number of anilines is 1. The van der Waals surface area contributed by atoms with E-state index < -0.39 is 0 Å². The first-order valence-corrected chi connectivity index (χ1v) is 8.51. The van der Waals surface area contributed by atoms with Gasteiger partial charge in [0.25, 0.3) is 0 Å². The van der Waals surface area contributed by atoms with Crippen molar-refractivity contribution in [1.29, 1.82) is 0 Å². The number of fused-ring (bicyclic) bond motifs is 1. The summed E-state index contributed by atoms with van der Waals surface area (Å²) in [7, 11) is 0. The third-order valence-electron chi connectivity index (χ3n) is 3.89. The Bertz CT molecular complexity index is 735. The Morgan fingerprint density at radius 3 is 3.13 bits per heavy atom. The summed E-state index contributed by atoms with van der Waals surface area (Å²) in [5, 5.41) is 3.58. The monoisotopic (exact) mass is 333 g/mol. The van der Waals surface area contributed by atoms with Gasteiger partial charge in [-0.05, 0) is 38.3 Å². The lowest BCUT2D eigenvalue weighted by atomic mass is 9.98. The Kier molecular flexibility index (Phi) is 4.47. The minimum atomic E-state index is -0.344. The van der Waals surface area contributed by atoms with E-state index in [-0.39, 0.29) is 17.8 Å². The SMILES string of the molecule is CCOC(=O)c1sc(NC(=O)C2CCCn3ccnc32)cc1C. The molecule has 0 aromatic carbocycles. The molecular formula is C16H19N3O3S. The second-order valence-corrected chi connectivity index (χ2v) is 6.56. The molecule has 7 heteroatoms. The Labute approximate surface area is 138 Å². The minimum absolute atomic E-state index is 0.0752. The molecule has 0 saturated carbocycles. The van der Waals surface area contributed by atoms with Gasteiger partial charge in [0.2, 0.25) is 5.91 Å². The van der Waals surface area contributed by atoms with Crippen molar-refractivity contribution in [1.82, 2.24) is 9.55 Å². The van der Waals surface area contributed by atoms with Crippen LogP contribution in [0.25, 0.3) is 0 Å². The smallest absolute Gasteiger partial charge is 0.348 e. The molecule has 1 N–H and O–H groups in total. The highest BCUT2D eigenvalue weighted by atomic mass is 32.1. The number of thiophene rings is 1. The number of aromatic nitrogens is 2. The van der Waals surface area contributed by atoms with E-state index in [2.05, 4.69) is 10.3 Å². The number of hydrogen-bond acceptors (Lipinski definition) is 5. The van der Waals surface area contributed by atoms with E-state index >= 15 is 0 Å². The fraction of sp³-hybridized carbons (Fsp3) is 0.438. The molecule has 0 saturated heterocycles. The molecule has 0 fully saturated rings. The normalized spacial score (nSPS) is 16.7. The van der Waals surface area contributed by atoms with Crippen LogP contribution in [0, 0.1) is 6.92 Å². The number of rotatable bonds is 4. The van der Waals surface area contributed by atoms with Crippen LogP contribution in [0.2, 0.25) is 0 Å². The lowest BCUT2D eigenvalue weighted by molar-refractivity contribution is -0.118. The summed E-state index contributed by atoms with van der Waals surface area (Å²) in [6.45, 7) is 4.85. The predicted molar refractivity (Wildman–Crippen MR) is 87.8 cm³/mol. The van der Waals surface area contributed by atoms with Crippen molar-refractivity contribution in [3.8, 4) is 0 Å². The number of carbonyl (C=O) groups excluding carboxylic acids is 2. The number of carbonyl (C=O) groups is 2. The number of esters is 1.